The van der Waals surface area contributed by atoms with Gasteiger partial charge in [0, 0.05) is 18.4 Å². The largest absolute Gasteiger partial charge is 0.497 e. The Morgan fingerprint density at radius 2 is 1.79 bits per heavy atom. The van der Waals surface area contributed by atoms with Crippen LogP contribution in [0.3, 0.4) is 0 Å². The summed E-state index contributed by atoms with van der Waals surface area (Å²) in [6, 6.07) is 12.7. The van der Waals surface area contributed by atoms with E-state index < -0.39 is 0 Å². The number of aromatic nitrogens is 3. The zero-order chi connectivity index (χ0) is 23.8. The molecule has 0 saturated carbocycles. The number of benzene rings is 2. The Labute approximate surface area is 198 Å². The maximum atomic E-state index is 12.9. The highest BCUT2D eigenvalue weighted by atomic mass is 32.2. The summed E-state index contributed by atoms with van der Waals surface area (Å²) in [5, 5.41) is 12.4. The van der Waals surface area contributed by atoms with Gasteiger partial charge in [0.05, 0.1) is 39.1 Å². The molecule has 10 heteroatoms. The van der Waals surface area contributed by atoms with E-state index in [1.165, 1.54) is 7.11 Å². The quantitative estimate of drug-likeness (QED) is 0.427. The second kappa shape index (κ2) is 11.6. The van der Waals surface area contributed by atoms with E-state index in [2.05, 4.69) is 20.4 Å². The number of ether oxygens (including phenoxy) is 3. The first-order valence-corrected chi connectivity index (χ1v) is 11.3. The molecule has 0 saturated heterocycles. The van der Waals surface area contributed by atoms with Crippen molar-refractivity contribution in [3.05, 3.63) is 53.9 Å². The molecule has 1 amide bonds. The Morgan fingerprint density at radius 3 is 2.48 bits per heavy atom. The summed E-state index contributed by atoms with van der Waals surface area (Å²) in [6.45, 7) is 1.08. The number of carbonyl (C=O) groups excluding carboxylic acids is 1. The van der Waals surface area contributed by atoms with Gasteiger partial charge in [0.25, 0.3) is 5.91 Å². The molecule has 0 aliphatic carbocycles. The summed E-state index contributed by atoms with van der Waals surface area (Å²) < 4.78 is 17.9. The minimum Gasteiger partial charge on any atom is -0.497 e. The van der Waals surface area contributed by atoms with Crippen LogP contribution in [0.5, 0.6) is 17.2 Å². The van der Waals surface area contributed by atoms with Gasteiger partial charge in [0.2, 0.25) is 0 Å². The van der Waals surface area contributed by atoms with Crippen molar-refractivity contribution >= 4 is 17.7 Å². The first-order valence-electron chi connectivity index (χ1n) is 10.3. The lowest BCUT2D eigenvalue weighted by molar-refractivity contribution is 0.0946. The van der Waals surface area contributed by atoms with Crippen LogP contribution in [0.2, 0.25) is 0 Å². The third kappa shape index (κ3) is 6.17. The Hall–Kier alpha value is -3.24. The monoisotopic (exact) mass is 471 g/mol. The molecule has 176 valence electrons. The van der Waals surface area contributed by atoms with Crippen molar-refractivity contribution in [3.8, 4) is 22.9 Å². The SMILES string of the molecule is COc1cccc(-n2c(CNC(=O)c3cc(OC)ccc3OC)nnc2SCCN(C)C)c1. The predicted molar refractivity (Wildman–Crippen MR) is 128 cm³/mol. The highest BCUT2D eigenvalue weighted by Gasteiger charge is 2.18. The summed E-state index contributed by atoms with van der Waals surface area (Å²) in [5.41, 5.74) is 1.24. The molecule has 3 rings (SSSR count). The van der Waals surface area contributed by atoms with Crippen molar-refractivity contribution in [2.24, 2.45) is 0 Å². The fourth-order valence-corrected chi connectivity index (χ4v) is 4.16. The van der Waals surface area contributed by atoms with E-state index in [9.17, 15) is 4.79 Å². The van der Waals surface area contributed by atoms with E-state index in [4.69, 9.17) is 14.2 Å². The van der Waals surface area contributed by atoms with Crippen LogP contribution in [0.15, 0.2) is 47.6 Å². The summed E-state index contributed by atoms with van der Waals surface area (Å²) in [6.07, 6.45) is 0. The number of methoxy groups -OCH3 is 3. The molecule has 0 aliphatic heterocycles. The Bertz CT molecular complexity index is 1090. The molecule has 0 bridgehead atoms. The van der Waals surface area contributed by atoms with Crippen LogP contribution in [0, 0.1) is 0 Å². The van der Waals surface area contributed by atoms with Crippen molar-refractivity contribution in [3.63, 3.8) is 0 Å². The Morgan fingerprint density at radius 1 is 1.03 bits per heavy atom. The first kappa shape index (κ1) is 24.4. The zero-order valence-corrected chi connectivity index (χ0v) is 20.3. The molecule has 33 heavy (non-hydrogen) atoms. The van der Waals surface area contributed by atoms with Gasteiger partial charge >= 0.3 is 0 Å². The predicted octanol–water partition coefficient (Wildman–Crippen LogP) is 2.88. The van der Waals surface area contributed by atoms with Gasteiger partial charge in [0.15, 0.2) is 11.0 Å². The summed E-state index contributed by atoms with van der Waals surface area (Å²) in [5.74, 6) is 2.91. The van der Waals surface area contributed by atoms with Crippen molar-refractivity contribution in [2.75, 3.05) is 47.7 Å². The maximum absolute atomic E-state index is 12.9. The average Bonchev–Trinajstić information content (AvgIpc) is 3.24. The van der Waals surface area contributed by atoms with Crippen LogP contribution >= 0.6 is 11.8 Å². The van der Waals surface area contributed by atoms with E-state index in [0.717, 1.165) is 28.9 Å². The zero-order valence-electron chi connectivity index (χ0n) is 19.5. The molecule has 0 radical (unpaired) electrons. The highest BCUT2D eigenvalue weighted by Crippen LogP contribution is 2.26. The van der Waals surface area contributed by atoms with Crippen LogP contribution in [0.1, 0.15) is 16.2 Å². The van der Waals surface area contributed by atoms with E-state index >= 15 is 0 Å². The number of carbonyl (C=O) groups is 1. The second-order valence-electron chi connectivity index (χ2n) is 7.34. The van der Waals surface area contributed by atoms with Crippen molar-refractivity contribution in [1.82, 2.24) is 25.0 Å². The number of thioether (sulfide) groups is 1. The van der Waals surface area contributed by atoms with E-state index in [0.29, 0.717) is 22.9 Å². The van der Waals surface area contributed by atoms with Gasteiger partial charge < -0.3 is 24.4 Å². The van der Waals surface area contributed by atoms with Crippen molar-refractivity contribution < 1.29 is 19.0 Å². The summed E-state index contributed by atoms with van der Waals surface area (Å²) in [7, 11) is 8.76. The van der Waals surface area contributed by atoms with Crippen LogP contribution < -0.4 is 19.5 Å². The molecule has 0 spiro atoms. The average molecular weight is 472 g/mol. The third-order valence-corrected chi connectivity index (χ3v) is 5.75. The van der Waals surface area contributed by atoms with E-state index in [1.54, 1.807) is 44.2 Å². The Balaban J connectivity index is 1.86. The molecule has 0 unspecified atom stereocenters. The molecule has 0 atom stereocenters. The molecule has 1 heterocycles. The van der Waals surface area contributed by atoms with Crippen molar-refractivity contribution in [1.29, 1.82) is 0 Å². The summed E-state index contributed by atoms with van der Waals surface area (Å²) in [4.78, 5) is 15.0. The smallest absolute Gasteiger partial charge is 0.255 e. The lowest BCUT2D eigenvalue weighted by Crippen LogP contribution is -2.25. The maximum Gasteiger partial charge on any atom is 0.255 e. The number of nitrogens with one attached hydrogen (secondary N) is 1. The van der Waals surface area contributed by atoms with Gasteiger partial charge in [-0.3, -0.25) is 9.36 Å². The van der Waals surface area contributed by atoms with Crippen LogP contribution in [-0.2, 0) is 6.54 Å². The number of rotatable bonds is 11. The van der Waals surface area contributed by atoms with Gasteiger partial charge in [0.1, 0.15) is 17.2 Å². The van der Waals surface area contributed by atoms with Crippen LogP contribution in [0.4, 0.5) is 0 Å². The highest BCUT2D eigenvalue weighted by molar-refractivity contribution is 7.99. The molecule has 9 nitrogen and oxygen atoms in total. The van der Waals surface area contributed by atoms with Gasteiger partial charge in [-0.2, -0.15) is 0 Å². The number of amides is 1. The molecular formula is C23H29N5O4S. The molecule has 0 aliphatic rings. The van der Waals surface area contributed by atoms with Crippen molar-refractivity contribution in [2.45, 2.75) is 11.7 Å². The fourth-order valence-electron chi connectivity index (χ4n) is 3.08. The van der Waals surface area contributed by atoms with E-state index in [-0.39, 0.29) is 12.5 Å². The van der Waals surface area contributed by atoms with Gasteiger partial charge in [-0.05, 0) is 44.4 Å². The molecule has 1 aromatic heterocycles. The second-order valence-corrected chi connectivity index (χ2v) is 8.40. The molecule has 3 aromatic rings. The topological polar surface area (TPSA) is 90.7 Å². The normalized spacial score (nSPS) is 10.8. The standard InChI is InChI=1S/C23H29N5O4S/c1-27(2)11-12-33-23-26-25-21(28(23)16-7-6-8-17(13-16)30-3)15-24-22(29)19-14-18(31-4)9-10-20(19)32-5/h6-10,13-14H,11-12,15H2,1-5H3,(H,24,29). The molecule has 0 fully saturated rings. The van der Waals surface area contributed by atoms with Gasteiger partial charge in [-0.15, -0.1) is 10.2 Å². The minimum absolute atomic E-state index is 0.178. The number of hydrogen-bond donors (Lipinski definition) is 1. The van der Waals surface area contributed by atoms with Crippen LogP contribution in [-0.4, -0.2) is 73.3 Å². The minimum atomic E-state index is -0.298. The molecular weight excluding hydrogens is 442 g/mol. The van der Waals surface area contributed by atoms with Gasteiger partial charge in [-0.1, -0.05) is 17.8 Å². The number of nitrogens with zero attached hydrogens (tertiary/aromatic N) is 4. The van der Waals surface area contributed by atoms with Gasteiger partial charge in [-0.25, -0.2) is 0 Å². The van der Waals surface area contributed by atoms with Crippen LogP contribution in [0.25, 0.3) is 5.69 Å². The third-order valence-electron chi connectivity index (χ3n) is 4.84. The first-order chi connectivity index (χ1) is 16.0. The lowest BCUT2D eigenvalue weighted by atomic mass is 10.1. The fraction of sp³-hybridized carbons (Fsp3) is 0.348. The Kier molecular flexibility index (Phi) is 8.56. The summed E-state index contributed by atoms with van der Waals surface area (Å²) >= 11 is 1.60. The number of hydrogen-bond acceptors (Lipinski definition) is 8. The molecule has 2 aromatic carbocycles. The lowest BCUT2D eigenvalue weighted by Gasteiger charge is -2.14. The molecule has 1 N–H and O–H groups in total. The van der Waals surface area contributed by atoms with E-state index in [1.807, 2.05) is 42.9 Å².